The third-order valence-corrected chi connectivity index (χ3v) is 5.91. The van der Waals surface area contributed by atoms with Crippen molar-refractivity contribution in [1.29, 1.82) is 0 Å². The van der Waals surface area contributed by atoms with Crippen molar-refractivity contribution in [3.8, 4) is 11.5 Å². The van der Waals surface area contributed by atoms with Crippen LogP contribution in [0.25, 0.3) is 10.8 Å². The second-order valence-corrected chi connectivity index (χ2v) is 7.73. The van der Waals surface area contributed by atoms with Gasteiger partial charge in [-0.1, -0.05) is 42.5 Å². The Balaban J connectivity index is 1.99. The molecule has 0 bridgehead atoms. The number of rotatable bonds is 6. The van der Waals surface area contributed by atoms with Gasteiger partial charge >= 0.3 is 0 Å². The van der Waals surface area contributed by atoms with Crippen LogP contribution in [0.5, 0.6) is 11.5 Å². The van der Waals surface area contributed by atoms with E-state index in [9.17, 15) is 12.8 Å². The van der Waals surface area contributed by atoms with E-state index in [-0.39, 0.29) is 11.5 Å². The van der Waals surface area contributed by atoms with E-state index in [1.807, 2.05) is 42.5 Å². The first kappa shape index (κ1) is 19.1. The molecule has 0 amide bonds. The molecule has 0 spiro atoms. The van der Waals surface area contributed by atoms with Crippen molar-refractivity contribution in [3.63, 3.8) is 0 Å². The van der Waals surface area contributed by atoms with E-state index in [1.165, 1.54) is 14.2 Å². The summed E-state index contributed by atoms with van der Waals surface area (Å²) < 4.78 is 52.6. The van der Waals surface area contributed by atoms with Gasteiger partial charge in [0.2, 0.25) is 10.0 Å². The summed E-state index contributed by atoms with van der Waals surface area (Å²) in [6, 6.07) is 14.9. The zero-order chi connectivity index (χ0) is 19.6. The van der Waals surface area contributed by atoms with E-state index in [2.05, 4.69) is 4.72 Å². The van der Waals surface area contributed by atoms with Gasteiger partial charge in [0.05, 0.1) is 14.2 Å². The average Bonchev–Trinajstić information content (AvgIpc) is 2.66. The minimum absolute atomic E-state index is 0.121. The van der Waals surface area contributed by atoms with Crippen LogP contribution in [0, 0.1) is 5.82 Å². The maximum Gasteiger partial charge on any atom is 0.244 e. The van der Waals surface area contributed by atoms with Crippen molar-refractivity contribution in [3.05, 3.63) is 66.0 Å². The molecule has 0 aliphatic heterocycles. The van der Waals surface area contributed by atoms with Crippen LogP contribution in [-0.2, 0) is 10.0 Å². The van der Waals surface area contributed by atoms with Gasteiger partial charge in [-0.3, -0.25) is 0 Å². The summed E-state index contributed by atoms with van der Waals surface area (Å²) >= 11 is 0. The molecule has 0 fully saturated rings. The van der Waals surface area contributed by atoms with Crippen LogP contribution >= 0.6 is 0 Å². The van der Waals surface area contributed by atoms with Gasteiger partial charge in [-0.2, -0.15) is 0 Å². The van der Waals surface area contributed by atoms with Crippen molar-refractivity contribution in [2.75, 3.05) is 14.2 Å². The number of methoxy groups -OCH3 is 2. The summed E-state index contributed by atoms with van der Waals surface area (Å²) in [7, 11) is -1.41. The number of halogens is 1. The molecule has 0 heterocycles. The van der Waals surface area contributed by atoms with Crippen LogP contribution in [0.2, 0.25) is 0 Å². The van der Waals surface area contributed by atoms with Gasteiger partial charge in [0.25, 0.3) is 0 Å². The summed E-state index contributed by atoms with van der Waals surface area (Å²) in [5.41, 5.74) is 0.803. The Hall–Kier alpha value is -2.64. The SMILES string of the molecule is COc1cc(F)c(S(=O)(=O)NC(C)c2cccc3ccccc23)cc1OC. The Labute approximate surface area is 157 Å². The van der Waals surface area contributed by atoms with E-state index in [0.29, 0.717) is 0 Å². The monoisotopic (exact) mass is 389 g/mol. The quantitative estimate of drug-likeness (QED) is 0.691. The first-order valence-electron chi connectivity index (χ1n) is 8.29. The molecule has 5 nitrogen and oxygen atoms in total. The number of nitrogens with one attached hydrogen (secondary N) is 1. The Morgan fingerprint density at radius 2 is 1.59 bits per heavy atom. The molecule has 0 saturated carbocycles. The molecule has 3 aromatic rings. The minimum atomic E-state index is -4.13. The molecule has 0 aromatic heterocycles. The van der Waals surface area contributed by atoms with Gasteiger partial charge < -0.3 is 9.47 Å². The molecule has 3 aromatic carbocycles. The fraction of sp³-hybridized carbons (Fsp3) is 0.200. The highest BCUT2D eigenvalue weighted by Gasteiger charge is 2.25. The largest absolute Gasteiger partial charge is 0.493 e. The number of hydrogen-bond donors (Lipinski definition) is 1. The highest BCUT2D eigenvalue weighted by Crippen LogP contribution is 2.33. The van der Waals surface area contributed by atoms with Gasteiger partial charge in [-0.05, 0) is 23.3 Å². The molecular formula is C20H20FNO4S. The molecular weight excluding hydrogens is 369 g/mol. The van der Waals surface area contributed by atoms with Gasteiger partial charge in [-0.25, -0.2) is 17.5 Å². The van der Waals surface area contributed by atoms with Gasteiger partial charge in [0.15, 0.2) is 11.5 Å². The Bertz CT molecular complexity index is 1080. The second kappa shape index (κ2) is 7.54. The number of sulfonamides is 1. The highest BCUT2D eigenvalue weighted by atomic mass is 32.2. The van der Waals surface area contributed by atoms with E-state index in [1.54, 1.807) is 6.92 Å². The van der Waals surface area contributed by atoms with Crippen molar-refractivity contribution >= 4 is 20.8 Å². The van der Waals surface area contributed by atoms with Crippen LogP contribution in [0.15, 0.2) is 59.5 Å². The molecule has 1 unspecified atom stereocenters. The number of ether oxygens (including phenoxy) is 2. The second-order valence-electron chi connectivity index (χ2n) is 6.05. The van der Waals surface area contributed by atoms with Gasteiger partial charge in [-0.15, -0.1) is 0 Å². The Morgan fingerprint density at radius 3 is 2.30 bits per heavy atom. The smallest absolute Gasteiger partial charge is 0.244 e. The van der Waals surface area contributed by atoms with E-state index < -0.39 is 26.8 Å². The van der Waals surface area contributed by atoms with E-state index in [4.69, 9.17) is 9.47 Å². The first-order chi connectivity index (χ1) is 12.9. The van der Waals surface area contributed by atoms with Crippen LogP contribution in [0.1, 0.15) is 18.5 Å². The first-order valence-corrected chi connectivity index (χ1v) is 9.77. The maximum absolute atomic E-state index is 14.4. The molecule has 1 N–H and O–H groups in total. The zero-order valence-electron chi connectivity index (χ0n) is 15.2. The van der Waals surface area contributed by atoms with Crippen LogP contribution in [0.3, 0.4) is 0 Å². The summed E-state index contributed by atoms with van der Waals surface area (Å²) in [6.07, 6.45) is 0. The number of hydrogen-bond acceptors (Lipinski definition) is 4. The lowest BCUT2D eigenvalue weighted by atomic mass is 10.0. The minimum Gasteiger partial charge on any atom is -0.493 e. The van der Waals surface area contributed by atoms with E-state index in [0.717, 1.165) is 28.5 Å². The topological polar surface area (TPSA) is 64.6 Å². The summed E-state index contributed by atoms with van der Waals surface area (Å²) in [6.45, 7) is 1.72. The predicted molar refractivity (Wildman–Crippen MR) is 102 cm³/mol. The van der Waals surface area contributed by atoms with Crippen molar-refractivity contribution in [1.82, 2.24) is 4.72 Å². The molecule has 1 atom stereocenters. The van der Waals surface area contributed by atoms with Crippen LogP contribution in [0.4, 0.5) is 4.39 Å². The maximum atomic E-state index is 14.4. The third kappa shape index (κ3) is 3.74. The van der Waals surface area contributed by atoms with Crippen LogP contribution in [-0.4, -0.2) is 22.6 Å². The molecule has 0 aliphatic rings. The molecule has 27 heavy (non-hydrogen) atoms. The lowest BCUT2D eigenvalue weighted by Gasteiger charge is -2.18. The third-order valence-electron chi connectivity index (χ3n) is 4.35. The van der Waals surface area contributed by atoms with Gasteiger partial charge in [0.1, 0.15) is 10.7 Å². The number of fused-ring (bicyclic) bond motifs is 1. The summed E-state index contributed by atoms with van der Waals surface area (Å²) in [5.74, 6) is -0.654. The molecule has 0 saturated heterocycles. The predicted octanol–water partition coefficient (Wildman–Crippen LogP) is 4.04. The molecule has 7 heteroatoms. The molecule has 0 aliphatic carbocycles. The molecule has 142 valence electrons. The van der Waals surface area contributed by atoms with Crippen LogP contribution < -0.4 is 14.2 Å². The molecule has 3 rings (SSSR count). The molecule has 0 radical (unpaired) electrons. The standard InChI is InChI=1S/C20H20FNO4S/c1-13(15-10-6-8-14-7-4-5-9-16(14)15)22-27(23,24)20-12-19(26-3)18(25-2)11-17(20)21/h4-13,22H,1-3H3. The zero-order valence-corrected chi connectivity index (χ0v) is 16.0. The van der Waals surface area contributed by atoms with Crippen molar-refractivity contribution < 1.29 is 22.3 Å². The van der Waals surface area contributed by atoms with Gasteiger partial charge in [0, 0.05) is 18.2 Å². The fourth-order valence-electron chi connectivity index (χ4n) is 3.03. The lowest BCUT2D eigenvalue weighted by molar-refractivity contribution is 0.350. The fourth-order valence-corrected chi connectivity index (χ4v) is 4.33. The Morgan fingerprint density at radius 1 is 0.963 bits per heavy atom. The normalized spacial score (nSPS) is 12.7. The summed E-state index contributed by atoms with van der Waals surface area (Å²) in [5, 5.41) is 1.93. The highest BCUT2D eigenvalue weighted by molar-refractivity contribution is 7.89. The Kier molecular flexibility index (Phi) is 5.34. The average molecular weight is 389 g/mol. The van der Waals surface area contributed by atoms with Crippen molar-refractivity contribution in [2.45, 2.75) is 17.9 Å². The summed E-state index contributed by atoms with van der Waals surface area (Å²) in [4.78, 5) is -0.493. The number of benzene rings is 3. The lowest BCUT2D eigenvalue weighted by Crippen LogP contribution is -2.28. The van der Waals surface area contributed by atoms with Crippen molar-refractivity contribution in [2.24, 2.45) is 0 Å². The van der Waals surface area contributed by atoms with E-state index >= 15 is 0 Å².